The molecule has 2 N–H and O–H groups in total. The summed E-state index contributed by atoms with van der Waals surface area (Å²) in [5, 5.41) is 5.81. The van der Waals surface area contributed by atoms with E-state index >= 15 is 0 Å². The third kappa shape index (κ3) is 5.42. The Bertz CT molecular complexity index is 890. The average molecular weight is 416 g/mol. The fraction of sp³-hybridized carbons (Fsp3) is 0.333. The van der Waals surface area contributed by atoms with Crippen LogP contribution in [0.2, 0.25) is 0 Å². The SMILES string of the molecule is CSc1ccccc1NC(=O)CN(C)[C@@H](C)C(=O)NCc1ccc2c(c1)OCO2. The van der Waals surface area contributed by atoms with Crippen LogP contribution in [0.15, 0.2) is 47.4 Å². The zero-order valence-electron chi connectivity index (χ0n) is 16.7. The van der Waals surface area contributed by atoms with Crippen LogP contribution in [0.3, 0.4) is 0 Å². The Kier molecular flexibility index (Phi) is 7.00. The highest BCUT2D eigenvalue weighted by Gasteiger charge is 2.21. The second-order valence-corrected chi connectivity index (χ2v) is 7.59. The molecule has 154 valence electrons. The molecule has 0 bridgehead atoms. The molecule has 8 heteroatoms. The monoisotopic (exact) mass is 415 g/mol. The fourth-order valence-corrected chi connectivity index (χ4v) is 3.44. The zero-order valence-corrected chi connectivity index (χ0v) is 17.5. The average Bonchev–Trinajstić information content (AvgIpc) is 3.19. The molecular weight excluding hydrogens is 390 g/mol. The van der Waals surface area contributed by atoms with E-state index in [1.54, 1.807) is 30.6 Å². The molecule has 2 amide bonds. The molecule has 0 unspecified atom stereocenters. The lowest BCUT2D eigenvalue weighted by Gasteiger charge is -2.23. The predicted octanol–water partition coefficient (Wildman–Crippen LogP) is 2.71. The van der Waals surface area contributed by atoms with E-state index in [0.717, 1.165) is 16.1 Å². The van der Waals surface area contributed by atoms with E-state index in [2.05, 4.69) is 10.6 Å². The van der Waals surface area contributed by atoms with Gasteiger partial charge in [-0.05, 0) is 50.1 Å². The van der Waals surface area contributed by atoms with Gasteiger partial charge in [-0.25, -0.2) is 0 Å². The van der Waals surface area contributed by atoms with Crippen molar-refractivity contribution in [1.82, 2.24) is 10.2 Å². The van der Waals surface area contributed by atoms with Crippen molar-refractivity contribution in [2.45, 2.75) is 24.4 Å². The summed E-state index contributed by atoms with van der Waals surface area (Å²) in [6.45, 7) is 2.48. The summed E-state index contributed by atoms with van der Waals surface area (Å²) >= 11 is 1.57. The molecule has 1 heterocycles. The molecule has 1 aliphatic rings. The number of carbonyl (C=O) groups excluding carboxylic acids is 2. The number of anilines is 1. The maximum absolute atomic E-state index is 12.5. The van der Waals surface area contributed by atoms with E-state index in [9.17, 15) is 9.59 Å². The molecule has 1 atom stereocenters. The van der Waals surface area contributed by atoms with Crippen LogP contribution in [-0.4, -0.2) is 49.4 Å². The predicted molar refractivity (Wildman–Crippen MR) is 113 cm³/mol. The topological polar surface area (TPSA) is 79.9 Å². The van der Waals surface area contributed by atoms with Crippen molar-refractivity contribution in [2.75, 3.05) is 32.0 Å². The number of rotatable bonds is 8. The van der Waals surface area contributed by atoms with E-state index < -0.39 is 6.04 Å². The number of ether oxygens (including phenoxy) is 2. The fourth-order valence-electron chi connectivity index (χ4n) is 2.89. The Morgan fingerprint density at radius 2 is 1.93 bits per heavy atom. The van der Waals surface area contributed by atoms with Crippen molar-refractivity contribution in [3.05, 3.63) is 48.0 Å². The molecule has 3 rings (SSSR count). The Balaban J connectivity index is 1.49. The van der Waals surface area contributed by atoms with Crippen LogP contribution < -0.4 is 20.1 Å². The van der Waals surface area contributed by atoms with Crippen LogP contribution in [0, 0.1) is 0 Å². The summed E-state index contributed by atoms with van der Waals surface area (Å²) in [6.07, 6.45) is 1.96. The standard InChI is InChI=1S/C21H25N3O4S/c1-14(21(26)22-11-15-8-9-17-18(10-15)28-13-27-17)24(2)12-20(25)23-16-6-4-5-7-19(16)29-3/h4-10,14H,11-13H2,1-3H3,(H,22,26)(H,23,25)/t14-/m0/s1. The second-order valence-electron chi connectivity index (χ2n) is 6.74. The van der Waals surface area contributed by atoms with Gasteiger partial charge in [0, 0.05) is 11.4 Å². The molecule has 1 aliphatic heterocycles. The maximum Gasteiger partial charge on any atom is 0.238 e. The Morgan fingerprint density at radius 1 is 1.17 bits per heavy atom. The highest BCUT2D eigenvalue weighted by molar-refractivity contribution is 7.98. The first kappa shape index (κ1) is 21.0. The first-order valence-electron chi connectivity index (χ1n) is 9.27. The Labute approximate surface area is 174 Å². The van der Waals surface area contributed by atoms with E-state index in [0.29, 0.717) is 18.0 Å². The molecule has 0 saturated carbocycles. The minimum Gasteiger partial charge on any atom is -0.454 e. The molecule has 0 fully saturated rings. The number of nitrogens with one attached hydrogen (secondary N) is 2. The van der Waals surface area contributed by atoms with Crippen LogP contribution in [0.1, 0.15) is 12.5 Å². The third-order valence-corrected chi connectivity index (χ3v) is 5.51. The van der Waals surface area contributed by atoms with E-state index in [1.807, 2.05) is 48.7 Å². The lowest BCUT2D eigenvalue weighted by atomic mass is 10.2. The number of likely N-dealkylation sites (N-methyl/N-ethyl adjacent to an activating group) is 1. The van der Waals surface area contributed by atoms with E-state index in [-0.39, 0.29) is 25.2 Å². The molecule has 2 aromatic carbocycles. The molecular formula is C21H25N3O4S. The molecule has 7 nitrogen and oxygen atoms in total. The summed E-state index contributed by atoms with van der Waals surface area (Å²) in [7, 11) is 1.75. The number of fused-ring (bicyclic) bond motifs is 1. The minimum absolute atomic E-state index is 0.112. The van der Waals surface area contributed by atoms with E-state index in [4.69, 9.17) is 9.47 Å². The number of carbonyl (C=O) groups is 2. The normalized spacial score (nSPS) is 13.2. The van der Waals surface area contributed by atoms with Crippen molar-refractivity contribution in [1.29, 1.82) is 0 Å². The number of hydrogen-bond acceptors (Lipinski definition) is 6. The van der Waals surface area contributed by atoms with Crippen LogP contribution >= 0.6 is 11.8 Å². The summed E-state index contributed by atoms with van der Waals surface area (Å²) in [5.41, 5.74) is 1.70. The van der Waals surface area contributed by atoms with Gasteiger partial charge in [0.2, 0.25) is 18.6 Å². The van der Waals surface area contributed by atoms with Crippen LogP contribution in [-0.2, 0) is 16.1 Å². The van der Waals surface area contributed by atoms with Gasteiger partial charge < -0.3 is 20.1 Å². The number of para-hydroxylation sites is 1. The molecule has 0 saturated heterocycles. The smallest absolute Gasteiger partial charge is 0.238 e. The molecule has 0 aliphatic carbocycles. The van der Waals surface area contributed by atoms with Gasteiger partial charge in [-0.1, -0.05) is 18.2 Å². The number of thioether (sulfide) groups is 1. The van der Waals surface area contributed by atoms with Crippen LogP contribution in [0.5, 0.6) is 11.5 Å². The second kappa shape index (κ2) is 9.67. The first-order valence-corrected chi connectivity index (χ1v) is 10.5. The van der Waals surface area contributed by atoms with Gasteiger partial charge in [0.05, 0.1) is 18.3 Å². The number of hydrogen-bond donors (Lipinski definition) is 2. The zero-order chi connectivity index (χ0) is 20.8. The van der Waals surface area contributed by atoms with Crippen molar-refractivity contribution >= 4 is 29.3 Å². The molecule has 0 spiro atoms. The summed E-state index contributed by atoms with van der Waals surface area (Å²) in [4.78, 5) is 27.6. The van der Waals surface area contributed by atoms with Crippen molar-refractivity contribution < 1.29 is 19.1 Å². The number of amides is 2. The van der Waals surface area contributed by atoms with Gasteiger partial charge in [0.25, 0.3) is 0 Å². The quantitative estimate of drug-likeness (QED) is 0.646. The van der Waals surface area contributed by atoms with E-state index in [1.165, 1.54) is 0 Å². The number of nitrogens with zero attached hydrogens (tertiary/aromatic N) is 1. The minimum atomic E-state index is -0.453. The summed E-state index contributed by atoms with van der Waals surface area (Å²) in [5.74, 6) is 1.08. The van der Waals surface area contributed by atoms with Gasteiger partial charge in [0.1, 0.15) is 0 Å². The highest BCUT2D eigenvalue weighted by atomic mass is 32.2. The molecule has 29 heavy (non-hydrogen) atoms. The van der Waals surface area contributed by atoms with Crippen LogP contribution in [0.25, 0.3) is 0 Å². The molecule has 2 aromatic rings. The Morgan fingerprint density at radius 3 is 2.72 bits per heavy atom. The van der Waals surface area contributed by atoms with Gasteiger partial charge in [-0.15, -0.1) is 11.8 Å². The van der Waals surface area contributed by atoms with Gasteiger partial charge in [0.15, 0.2) is 11.5 Å². The van der Waals surface area contributed by atoms with Gasteiger partial charge in [-0.3, -0.25) is 14.5 Å². The van der Waals surface area contributed by atoms with Gasteiger partial charge >= 0.3 is 0 Å². The third-order valence-electron chi connectivity index (χ3n) is 4.72. The summed E-state index contributed by atoms with van der Waals surface area (Å²) < 4.78 is 10.6. The summed E-state index contributed by atoms with van der Waals surface area (Å²) in [6, 6.07) is 12.8. The van der Waals surface area contributed by atoms with Crippen molar-refractivity contribution in [3.8, 4) is 11.5 Å². The molecule has 0 aromatic heterocycles. The lowest BCUT2D eigenvalue weighted by Crippen LogP contribution is -2.45. The maximum atomic E-state index is 12.5. The highest BCUT2D eigenvalue weighted by Crippen LogP contribution is 2.32. The molecule has 0 radical (unpaired) electrons. The largest absolute Gasteiger partial charge is 0.454 e. The number of benzene rings is 2. The lowest BCUT2D eigenvalue weighted by molar-refractivity contribution is -0.126. The van der Waals surface area contributed by atoms with Gasteiger partial charge in [-0.2, -0.15) is 0 Å². The van der Waals surface area contributed by atoms with Crippen LogP contribution in [0.4, 0.5) is 5.69 Å². The van der Waals surface area contributed by atoms with Crippen molar-refractivity contribution in [3.63, 3.8) is 0 Å². The van der Waals surface area contributed by atoms with Crippen molar-refractivity contribution in [2.24, 2.45) is 0 Å². The first-order chi connectivity index (χ1) is 14.0. The Hall–Kier alpha value is -2.71.